The maximum absolute atomic E-state index is 9.55. The Kier molecular flexibility index (Phi) is 5.96. The van der Waals surface area contributed by atoms with Crippen LogP contribution in [0.15, 0.2) is 36.5 Å². The van der Waals surface area contributed by atoms with Crippen molar-refractivity contribution in [3.63, 3.8) is 0 Å². The van der Waals surface area contributed by atoms with Crippen LogP contribution in [-0.4, -0.2) is 27.1 Å². The second kappa shape index (κ2) is 7.07. The fourth-order valence-corrected chi connectivity index (χ4v) is 0.519. The Balaban J connectivity index is 0.000000262. The van der Waals surface area contributed by atoms with Gasteiger partial charge in [-0.2, -0.15) is 0 Å². The van der Waals surface area contributed by atoms with Crippen molar-refractivity contribution >= 4 is 17.8 Å². The summed E-state index contributed by atoms with van der Waals surface area (Å²) >= 11 is 0. The van der Waals surface area contributed by atoms with Crippen LogP contribution in [0.2, 0.25) is 0 Å². The highest BCUT2D eigenvalue weighted by Gasteiger charge is 1.88. The number of nitrogen functional groups attached to an aromatic ring is 1. The summed E-state index contributed by atoms with van der Waals surface area (Å²) in [6.07, 6.45) is 2.78. The number of carbonyl (C=O) groups is 2. The molecule has 0 saturated heterocycles. The van der Waals surface area contributed by atoms with E-state index in [4.69, 9.17) is 15.9 Å². The Morgan fingerprint density at radius 1 is 1.20 bits per heavy atom. The summed E-state index contributed by atoms with van der Waals surface area (Å²) in [7, 11) is 0. The molecule has 0 unspecified atom stereocenters. The molecule has 6 nitrogen and oxygen atoms in total. The van der Waals surface area contributed by atoms with Crippen LogP contribution in [0.3, 0.4) is 0 Å². The largest absolute Gasteiger partial charge is 0.478 e. The van der Waals surface area contributed by atoms with Crippen molar-refractivity contribution in [1.29, 1.82) is 0 Å². The Hall–Kier alpha value is -2.37. The summed E-state index contributed by atoms with van der Waals surface area (Å²) in [5.41, 5.74) is 5.25. The molecule has 6 heteroatoms. The number of carboxylic acids is 2. The van der Waals surface area contributed by atoms with E-state index in [-0.39, 0.29) is 0 Å². The Morgan fingerprint density at radius 2 is 1.73 bits per heavy atom. The zero-order valence-electron chi connectivity index (χ0n) is 7.70. The molecule has 4 N–H and O–H groups in total. The normalized spacial score (nSPS) is 9.07. The zero-order chi connectivity index (χ0) is 11.7. The molecule has 0 aliphatic carbocycles. The van der Waals surface area contributed by atoms with Gasteiger partial charge in [-0.15, -0.1) is 0 Å². The summed E-state index contributed by atoms with van der Waals surface area (Å²) in [6, 6.07) is 5.43. The molecule has 0 aromatic carbocycles. The van der Waals surface area contributed by atoms with E-state index in [1.54, 1.807) is 12.3 Å². The van der Waals surface area contributed by atoms with E-state index in [0.717, 1.165) is 0 Å². The lowest BCUT2D eigenvalue weighted by atomic mass is 10.5. The minimum absolute atomic E-state index is 0.558. The van der Waals surface area contributed by atoms with Gasteiger partial charge in [-0.05, 0) is 12.1 Å². The Bertz CT molecular complexity index is 332. The SMILES string of the molecule is Nc1ccccn1.O=C(O)/C=C\C(=O)O. The van der Waals surface area contributed by atoms with Gasteiger partial charge in [0.2, 0.25) is 0 Å². The van der Waals surface area contributed by atoms with Crippen molar-refractivity contribution in [3.8, 4) is 0 Å². The Morgan fingerprint density at radius 3 is 1.93 bits per heavy atom. The first-order valence-corrected chi connectivity index (χ1v) is 3.83. The van der Waals surface area contributed by atoms with E-state index in [9.17, 15) is 9.59 Å². The average Bonchev–Trinajstić information content (AvgIpc) is 2.17. The molecule has 0 amide bonds. The first kappa shape index (κ1) is 12.6. The van der Waals surface area contributed by atoms with Crippen molar-refractivity contribution in [2.45, 2.75) is 0 Å². The van der Waals surface area contributed by atoms with Gasteiger partial charge in [0.15, 0.2) is 0 Å². The van der Waals surface area contributed by atoms with E-state index >= 15 is 0 Å². The Labute approximate surface area is 85.7 Å². The standard InChI is InChI=1S/C5H6N2.C4H4O4/c6-5-3-1-2-4-7-5;5-3(6)1-2-4(7)8/h1-4H,(H2,6,7);1-2H,(H,5,6)(H,7,8)/b;2-1-. The van der Waals surface area contributed by atoms with Crippen molar-refractivity contribution in [1.82, 2.24) is 4.98 Å². The smallest absolute Gasteiger partial charge is 0.328 e. The number of anilines is 1. The molecule has 0 aliphatic rings. The lowest BCUT2D eigenvalue weighted by Gasteiger charge is -1.82. The molecule has 15 heavy (non-hydrogen) atoms. The predicted molar refractivity (Wildman–Crippen MR) is 53.1 cm³/mol. The third-order valence-electron chi connectivity index (χ3n) is 1.06. The number of carboxylic acid groups (broad SMARTS) is 2. The summed E-state index contributed by atoms with van der Waals surface area (Å²) in [5.74, 6) is -1.94. The highest BCUT2D eigenvalue weighted by atomic mass is 16.4. The summed E-state index contributed by atoms with van der Waals surface area (Å²) in [6.45, 7) is 0. The van der Waals surface area contributed by atoms with Gasteiger partial charge in [0.25, 0.3) is 0 Å². The fraction of sp³-hybridized carbons (Fsp3) is 0. The minimum Gasteiger partial charge on any atom is -0.478 e. The van der Waals surface area contributed by atoms with Gasteiger partial charge in [0.05, 0.1) is 0 Å². The second-order valence-electron chi connectivity index (χ2n) is 2.26. The van der Waals surface area contributed by atoms with E-state index in [1.807, 2.05) is 12.1 Å². The molecule has 0 atom stereocenters. The minimum atomic E-state index is -1.26. The highest BCUT2D eigenvalue weighted by Crippen LogP contribution is 1.89. The van der Waals surface area contributed by atoms with Crippen molar-refractivity contribution in [2.24, 2.45) is 0 Å². The second-order valence-corrected chi connectivity index (χ2v) is 2.26. The number of hydrogen-bond donors (Lipinski definition) is 3. The first-order chi connectivity index (χ1) is 7.02. The average molecular weight is 210 g/mol. The number of hydrogen-bond acceptors (Lipinski definition) is 4. The van der Waals surface area contributed by atoms with Crippen LogP contribution in [0.5, 0.6) is 0 Å². The van der Waals surface area contributed by atoms with Gasteiger partial charge in [0, 0.05) is 18.3 Å². The highest BCUT2D eigenvalue weighted by molar-refractivity contribution is 5.89. The van der Waals surface area contributed by atoms with E-state index in [2.05, 4.69) is 4.98 Å². The van der Waals surface area contributed by atoms with Crippen LogP contribution in [0.1, 0.15) is 0 Å². The molecular formula is C9H10N2O4. The summed E-state index contributed by atoms with van der Waals surface area (Å²) in [4.78, 5) is 22.9. The van der Waals surface area contributed by atoms with Crippen molar-refractivity contribution < 1.29 is 19.8 Å². The lowest BCUT2D eigenvalue weighted by molar-refractivity contribution is -0.134. The maximum atomic E-state index is 9.55. The molecule has 1 aromatic rings. The van der Waals surface area contributed by atoms with Gasteiger partial charge in [-0.3, -0.25) is 0 Å². The lowest BCUT2D eigenvalue weighted by Crippen LogP contribution is -1.91. The van der Waals surface area contributed by atoms with Gasteiger partial charge in [0.1, 0.15) is 5.82 Å². The van der Waals surface area contributed by atoms with Gasteiger partial charge >= 0.3 is 11.9 Å². The van der Waals surface area contributed by atoms with Gasteiger partial charge in [-0.25, -0.2) is 14.6 Å². The molecule has 0 radical (unpaired) electrons. The van der Waals surface area contributed by atoms with Crippen LogP contribution in [0.4, 0.5) is 5.82 Å². The first-order valence-electron chi connectivity index (χ1n) is 3.83. The summed E-state index contributed by atoms with van der Waals surface area (Å²) in [5, 5.41) is 15.6. The molecule has 1 rings (SSSR count). The number of rotatable bonds is 2. The summed E-state index contributed by atoms with van der Waals surface area (Å²) < 4.78 is 0. The molecule has 0 saturated carbocycles. The van der Waals surface area contributed by atoms with Crippen LogP contribution in [0.25, 0.3) is 0 Å². The number of nitrogens with zero attached hydrogens (tertiary/aromatic N) is 1. The molecule has 1 aromatic heterocycles. The molecule has 0 spiro atoms. The third kappa shape index (κ3) is 9.54. The molecule has 0 fully saturated rings. The van der Waals surface area contributed by atoms with E-state index in [0.29, 0.717) is 18.0 Å². The topological polar surface area (TPSA) is 114 Å². The zero-order valence-corrected chi connectivity index (χ0v) is 7.70. The predicted octanol–water partition coefficient (Wildman–Crippen LogP) is 0.376. The molecule has 0 bridgehead atoms. The number of pyridine rings is 1. The van der Waals surface area contributed by atoms with Crippen LogP contribution < -0.4 is 5.73 Å². The van der Waals surface area contributed by atoms with E-state index in [1.165, 1.54) is 0 Å². The fourth-order valence-electron chi connectivity index (χ4n) is 0.519. The monoisotopic (exact) mass is 210 g/mol. The third-order valence-corrected chi connectivity index (χ3v) is 1.06. The van der Waals surface area contributed by atoms with E-state index < -0.39 is 11.9 Å². The van der Waals surface area contributed by atoms with Crippen LogP contribution in [-0.2, 0) is 9.59 Å². The molecular weight excluding hydrogens is 200 g/mol. The number of aliphatic carboxylic acids is 2. The van der Waals surface area contributed by atoms with Gasteiger partial charge < -0.3 is 15.9 Å². The van der Waals surface area contributed by atoms with Crippen molar-refractivity contribution in [3.05, 3.63) is 36.5 Å². The molecule has 1 heterocycles. The maximum Gasteiger partial charge on any atom is 0.328 e. The quantitative estimate of drug-likeness (QED) is 0.608. The molecule has 80 valence electrons. The molecule has 0 aliphatic heterocycles. The number of aromatic nitrogens is 1. The van der Waals surface area contributed by atoms with Crippen LogP contribution in [0, 0.1) is 0 Å². The van der Waals surface area contributed by atoms with Crippen molar-refractivity contribution in [2.75, 3.05) is 5.73 Å². The van der Waals surface area contributed by atoms with Gasteiger partial charge in [-0.1, -0.05) is 6.07 Å². The number of nitrogens with two attached hydrogens (primary N) is 1. The van der Waals surface area contributed by atoms with Crippen LogP contribution >= 0.6 is 0 Å².